The van der Waals surface area contributed by atoms with Crippen LogP contribution in [0, 0.1) is 0 Å². The second kappa shape index (κ2) is 4.90. The molecule has 0 saturated heterocycles. The highest BCUT2D eigenvalue weighted by molar-refractivity contribution is 5.82. The Labute approximate surface area is 102 Å². The quantitative estimate of drug-likeness (QED) is 0.741. The molecule has 1 heterocycles. The maximum Gasteiger partial charge on any atom is 0.0741 e. The second-order valence-electron chi connectivity index (χ2n) is 4.81. The fourth-order valence-corrected chi connectivity index (χ4v) is 1.90. The number of aliphatic hydroxyl groups is 1. The van der Waals surface area contributed by atoms with Crippen LogP contribution in [0.3, 0.4) is 0 Å². The number of hydrogen-bond donors (Lipinski definition) is 3. The highest BCUT2D eigenvalue weighted by atomic mass is 16.3. The van der Waals surface area contributed by atoms with E-state index in [1.807, 2.05) is 26.1 Å². The minimum atomic E-state index is -0.619. The molecule has 0 aliphatic carbocycles. The van der Waals surface area contributed by atoms with Crippen LogP contribution in [0.4, 0.5) is 0 Å². The summed E-state index contributed by atoms with van der Waals surface area (Å²) in [7, 11) is 0. The van der Waals surface area contributed by atoms with E-state index in [2.05, 4.69) is 28.5 Å². The molecule has 17 heavy (non-hydrogen) atoms. The van der Waals surface area contributed by atoms with E-state index in [1.54, 1.807) is 0 Å². The van der Waals surface area contributed by atoms with Crippen molar-refractivity contribution in [2.45, 2.75) is 32.4 Å². The van der Waals surface area contributed by atoms with E-state index < -0.39 is 5.60 Å². The third-order valence-electron chi connectivity index (χ3n) is 3.27. The molecule has 1 atom stereocenters. The van der Waals surface area contributed by atoms with Crippen LogP contribution in [0.25, 0.3) is 10.9 Å². The molecule has 0 bridgehead atoms. The van der Waals surface area contributed by atoms with Crippen molar-refractivity contribution >= 4 is 10.9 Å². The number of hydrogen-bond acceptors (Lipinski definition) is 2. The lowest BCUT2D eigenvalue weighted by Gasteiger charge is -2.21. The zero-order chi connectivity index (χ0) is 12.3. The van der Waals surface area contributed by atoms with Crippen LogP contribution in [-0.2, 0) is 6.54 Å². The fraction of sp³-hybridized carbons (Fsp3) is 0.429. The van der Waals surface area contributed by atoms with Gasteiger partial charge in [-0.3, -0.25) is 0 Å². The minimum absolute atomic E-state index is 0.615. The SMILES string of the molecule is CCC(C)(O)CNCc1cccc2[nH]ccc12. The molecule has 0 spiro atoms. The van der Waals surface area contributed by atoms with Crippen LogP contribution in [0.1, 0.15) is 25.8 Å². The second-order valence-corrected chi connectivity index (χ2v) is 4.81. The van der Waals surface area contributed by atoms with Crippen molar-refractivity contribution in [3.05, 3.63) is 36.0 Å². The molecular weight excluding hydrogens is 212 g/mol. The van der Waals surface area contributed by atoms with Gasteiger partial charge in [-0.05, 0) is 31.0 Å². The predicted molar refractivity (Wildman–Crippen MR) is 70.9 cm³/mol. The van der Waals surface area contributed by atoms with E-state index in [1.165, 1.54) is 10.9 Å². The van der Waals surface area contributed by atoms with Crippen molar-refractivity contribution in [2.75, 3.05) is 6.54 Å². The Morgan fingerprint density at radius 3 is 2.94 bits per heavy atom. The Morgan fingerprint density at radius 1 is 1.35 bits per heavy atom. The van der Waals surface area contributed by atoms with Gasteiger partial charge in [0.2, 0.25) is 0 Å². The number of aromatic nitrogens is 1. The van der Waals surface area contributed by atoms with Crippen LogP contribution >= 0.6 is 0 Å². The molecule has 0 saturated carbocycles. The summed E-state index contributed by atoms with van der Waals surface area (Å²) in [5.74, 6) is 0. The van der Waals surface area contributed by atoms with Gasteiger partial charge in [-0.25, -0.2) is 0 Å². The summed E-state index contributed by atoms with van der Waals surface area (Å²) in [6, 6.07) is 8.32. The van der Waals surface area contributed by atoms with Crippen molar-refractivity contribution in [3.63, 3.8) is 0 Å². The van der Waals surface area contributed by atoms with Crippen LogP contribution in [0.5, 0.6) is 0 Å². The Kier molecular flexibility index (Phi) is 3.50. The Balaban J connectivity index is 2.02. The minimum Gasteiger partial charge on any atom is -0.389 e. The van der Waals surface area contributed by atoms with Gasteiger partial charge in [0.25, 0.3) is 0 Å². The molecule has 0 aliphatic heterocycles. The summed E-state index contributed by atoms with van der Waals surface area (Å²) in [5.41, 5.74) is 1.80. The lowest BCUT2D eigenvalue weighted by Crippen LogP contribution is -2.36. The molecule has 0 radical (unpaired) electrons. The average Bonchev–Trinajstić information content (AvgIpc) is 2.78. The molecule has 1 aromatic heterocycles. The van der Waals surface area contributed by atoms with E-state index in [-0.39, 0.29) is 0 Å². The zero-order valence-electron chi connectivity index (χ0n) is 10.5. The zero-order valence-corrected chi connectivity index (χ0v) is 10.5. The van der Waals surface area contributed by atoms with Crippen molar-refractivity contribution < 1.29 is 5.11 Å². The molecule has 3 N–H and O–H groups in total. The summed E-state index contributed by atoms with van der Waals surface area (Å²) in [6.07, 6.45) is 2.71. The Morgan fingerprint density at radius 2 is 2.18 bits per heavy atom. The van der Waals surface area contributed by atoms with Gasteiger partial charge in [0.1, 0.15) is 0 Å². The standard InChI is InChI=1S/C14H20N2O/c1-3-14(2,17)10-15-9-11-5-4-6-13-12(11)7-8-16-13/h4-8,15-17H,3,9-10H2,1-2H3. The third kappa shape index (κ3) is 2.87. The van der Waals surface area contributed by atoms with Crippen LogP contribution in [0.15, 0.2) is 30.5 Å². The number of nitrogens with one attached hydrogen (secondary N) is 2. The van der Waals surface area contributed by atoms with Gasteiger partial charge in [-0.15, -0.1) is 0 Å². The molecule has 0 aliphatic rings. The third-order valence-corrected chi connectivity index (χ3v) is 3.27. The van der Waals surface area contributed by atoms with Gasteiger partial charge in [0.15, 0.2) is 0 Å². The topological polar surface area (TPSA) is 48.0 Å². The van der Waals surface area contributed by atoms with E-state index in [9.17, 15) is 5.11 Å². The van der Waals surface area contributed by atoms with Crippen molar-refractivity contribution in [1.82, 2.24) is 10.3 Å². The number of aromatic amines is 1. The summed E-state index contributed by atoms with van der Waals surface area (Å²) in [4.78, 5) is 3.20. The average molecular weight is 232 g/mol. The van der Waals surface area contributed by atoms with Crippen molar-refractivity contribution in [2.24, 2.45) is 0 Å². The molecule has 1 aromatic carbocycles. The molecule has 0 fully saturated rings. The molecule has 2 rings (SSSR count). The number of rotatable bonds is 5. The normalized spacial score (nSPS) is 15.0. The number of fused-ring (bicyclic) bond motifs is 1. The lowest BCUT2D eigenvalue weighted by atomic mass is 10.0. The Hall–Kier alpha value is -1.32. The van der Waals surface area contributed by atoms with Gasteiger partial charge >= 0.3 is 0 Å². The molecule has 3 heteroatoms. The van der Waals surface area contributed by atoms with Gasteiger partial charge in [0.05, 0.1) is 5.60 Å². The van der Waals surface area contributed by atoms with Gasteiger partial charge in [0, 0.05) is 30.2 Å². The van der Waals surface area contributed by atoms with Crippen molar-refractivity contribution in [3.8, 4) is 0 Å². The maximum absolute atomic E-state index is 9.91. The summed E-state index contributed by atoms with van der Waals surface area (Å²) < 4.78 is 0. The van der Waals surface area contributed by atoms with Gasteiger partial charge in [-0.1, -0.05) is 19.1 Å². The summed E-state index contributed by atoms with van der Waals surface area (Å²) >= 11 is 0. The van der Waals surface area contributed by atoms with Crippen LogP contribution in [-0.4, -0.2) is 22.2 Å². The maximum atomic E-state index is 9.91. The lowest BCUT2D eigenvalue weighted by molar-refractivity contribution is 0.0556. The largest absolute Gasteiger partial charge is 0.389 e. The highest BCUT2D eigenvalue weighted by Gasteiger charge is 2.16. The van der Waals surface area contributed by atoms with E-state index >= 15 is 0 Å². The highest BCUT2D eigenvalue weighted by Crippen LogP contribution is 2.17. The van der Waals surface area contributed by atoms with Crippen LogP contribution in [0.2, 0.25) is 0 Å². The predicted octanol–water partition coefficient (Wildman–Crippen LogP) is 2.42. The molecule has 2 aromatic rings. The smallest absolute Gasteiger partial charge is 0.0741 e. The number of H-pyrrole nitrogens is 1. The van der Waals surface area contributed by atoms with Crippen molar-refractivity contribution in [1.29, 1.82) is 0 Å². The van der Waals surface area contributed by atoms with Crippen LogP contribution < -0.4 is 5.32 Å². The first-order chi connectivity index (χ1) is 8.12. The molecule has 3 nitrogen and oxygen atoms in total. The van der Waals surface area contributed by atoms with Gasteiger partial charge in [-0.2, -0.15) is 0 Å². The Bertz CT molecular complexity index is 488. The van der Waals surface area contributed by atoms with E-state index in [0.29, 0.717) is 6.54 Å². The first kappa shape index (κ1) is 12.1. The first-order valence-corrected chi connectivity index (χ1v) is 6.10. The van der Waals surface area contributed by atoms with E-state index in [4.69, 9.17) is 0 Å². The molecular formula is C14H20N2O. The first-order valence-electron chi connectivity index (χ1n) is 6.10. The summed E-state index contributed by atoms with van der Waals surface area (Å²) in [6.45, 7) is 5.25. The molecule has 1 unspecified atom stereocenters. The van der Waals surface area contributed by atoms with E-state index in [0.717, 1.165) is 18.5 Å². The fourth-order valence-electron chi connectivity index (χ4n) is 1.90. The molecule has 0 amide bonds. The monoisotopic (exact) mass is 232 g/mol. The van der Waals surface area contributed by atoms with Gasteiger partial charge < -0.3 is 15.4 Å². The molecule has 92 valence electrons. The summed E-state index contributed by atoms with van der Waals surface area (Å²) in [5, 5.41) is 14.5. The number of benzene rings is 1.